The molecule has 0 spiro atoms. The lowest BCUT2D eigenvalue weighted by atomic mass is 10.2. The Hall–Kier alpha value is -2.05. The number of carbonyl (C=O) groups excluding carboxylic acids is 1. The second kappa shape index (κ2) is 7.89. The maximum atomic E-state index is 12.4. The van der Waals surface area contributed by atoms with Crippen LogP contribution in [0.1, 0.15) is 31.3 Å². The molecule has 1 amide bonds. The fraction of sp³-hybridized carbons (Fsp3) is 0.526. The maximum absolute atomic E-state index is 12.4. The van der Waals surface area contributed by atoms with Gasteiger partial charge in [0, 0.05) is 24.2 Å². The van der Waals surface area contributed by atoms with Crippen molar-refractivity contribution < 1.29 is 9.53 Å². The highest BCUT2D eigenvalue weighted by Crippen LogP contribution is 2.15. The number of aryl methyl sites for hydroxylation is 1. The predicted molar refractivity (Wildman–Crippen MR) is 97.2 cm³/mol. The zero-order valence-corrected chi connectivity index (χ0v) is 15.2. The highest BCUT2D eigenvalue weighted by Gasteiger charge is 2.22. The van der Waals surface area contributed by atoms with Crippen LogP contribution in [0, 0.1) is 6.92 Å². The van der Waals surface area contributed by atoms with Crippen molar-refractivity contribution in [1.82, 2.24) is 20.2 Å². The Morgan fingerprint density at radius 1 is 1.40 bits per heavy atom. The van der Waals surface area contributed by atoms with Crippen LogP contribution in [-0.4, -0.2) is 53.1 Å². The number of amides is 1. The van der Waals surface area contributed by atoms with Crippen LogP contribution in [0.15, 0.2) is 24.3 Å². The second-order valence-electron chi connectivity index (χ2n) is 6.71. The van der Waals surface area contributed by atoms with E-state index in [2.05, 4.69) is 15.3 Å². The molecule has 1 saturated heterocycles. The minimum absolute atomic E-state index is 0.00973. The minimum atomic E-state index is -0.253. The van der Waals surface area contributed by atoms with Gasteiger partial charge in [0.2, 0.25) is 5.91 Å². The minimum Gasteiger partial charge on any atom is -0.376 e. The van der Waals surface area contributed by atoms with E-state index in [1.807, 2.05) is 50.1 Å². The third-order valence-corrected chi connectivity index (χ3v) is 4.80. The van der Waals surface area contributed by atoms with Crippen LogP contribution in [0.5, 0.6) is 0 Å². The maximum Gasteiger partial charge on any atom is 0.237 e. The number of benzene rings is 1. The lowest BCUT2D eigenvalue weighted by Crippen LogP contribution is -2.45. The molecule has 25 heavy (non-hydrogen) atoms. The molecule has 0 radical (unpaired) electrons. The number of hydrogen-bond donors (Lipinski definition) is 1. The summed E-state index contributed by atoms with van der Waals surface area (Å²) >= 11 is 0. The van der Waals surface area contributed by atoms with Crippen molar-refractivity contribution in [2.45, 2.75) is 45.4 Å². The monoisotopic (exact) mass is 342 g/mol. The van der Waals surface area contributed by atoms with E-state index in [9.17, 15) is 4.79 Å². The van der Waals surface area contributed by atoms with E-state index in [1.54, 1.807) is 0 Å². The van der Waals surface area contributed by atoms with E-state index in [-0.39, 0.29) is 18.1 Å². The lowest BCUT2D eigenvalue weighted by molar-refractivity contribution is -0.126. The van der Waals surface area contributed by atoms with Crippen molar-refractivity contribution >= 4 is 16.8 Å². The Morgan fingerprint density at radius 2 is 2.20 bits per heavy atom. The van der Waals surface area contributed by atoms with Crippen LogP contribution >= 0.6 is 0 Å². The molecule has 1 aliphatic rings. The number of fused-ring (bicyclic) bond motifs is 1. The summed E-state index contributed by atoms with van der Waals surface area (Å²) in [6, 6.07) is 7.73. The van der Waals surface area contributed by atoms with Crippen LogP contribution < -0.4 is 5.32 Å². The molecule has 1 aromatic heterocycles. The number of para-hydroxylation sites is 1. The first kappa shape index (κ1) is 17.8. The van der Waals surface area contributed by atoms with Crippen molar-refractivity contribution in [3.8, 4) is 0 Å². The quantitative estimate of drug-likeness (QED) is 0.870. The van der Waals surface area contributed by atoms with Gasteiger partial charge in [0.15, 0.2) is 0 Å². The molecule has 1 N–H and O–H groups in total. The fourth-order valence-corrected chi connectivity index (χ4v) is 3.09. The molecular weight excluding hydrogens is 316 g/mol. The standard InChI is InChI=1S/C19H26N4O2/c1-13-16-8-4-5-9-17(16)22-18(21-13)12-23(3)14(2)19(24)20-11-15-7-6-10-25-15/h4-5,8-9,14-15H,6-7,10-12H2,1-3H3,(H,20,24)/t14-,15+/m0/s1. The van der Waals surface area contributed by atoms with Crippen molar-refractivity contribution in [1.29, 1.82) is 0 Å². The molecule has 1 aliphatic heterocycles. The van der Waals surface area contributed by atoms with Gasteiger partial charge in [-0.15, -0.1) is 0 Å². The molecule has 0 bridgehead atoms. The van der Waals surface area contributed by atoms with Crippen molar-refractivity contribution in [3.63, 3.8) is 0 Å². The molecular formula is C19H26N4O2. The molecule has 2 heterocycles. The summed E-state index contributed by atoms with van der Waals surface area (Å²) in [5.41, 5.74) is 1.90. The zero-order chi connectivity index (χ0) is 17.8. The highest BCUT2D eigenvalue weighted by molar-refractivity contribution is 5.81. The van der Waals surface area contributed by atoms with Crippen LogP contribution in [0.2, 0.25) is 0 Å². The van der Waals surface area contributed by atoms with Crippen LogP contribution in [0.3, 0.4) is 0 Å². The Morgan fingerprint density at radius 3 is 2.96 bits per heavy atom. The summed E-state index contributed by atoms with van der Waals surface area (Å²) in [5.74, 6) is 0.744. The van der Waals surface area contributed by atoms with Gasteiger partial charge in [0.1, 0.15) is 5.82 Å². The van der Waals surface area contributed by atoms with Gasteiger partial charge in [0.05, 0.1) is 24.2 Å². The molecule has 0 aliphatic carbocycles. The van der Waals surface area contributed by atoms with Crippen molar-refractivity contribution in [2.24, 2.45) is 0 Å². The topological polar surface area (TPSA) is 67.4 Å². The molecule has 1 fully saturated rings. The number of rotatable bonds is 6. The fourth-order valence-electron chi connectivity index (χ4n) is 3.09. The van der Waals surface area contributed by atoms with E-state index in [1.165, 1.54) is 0 Å². The van der Waals surface area contributed by atoms with Crippen LogP contribution in [0.25, 0.3) is 10.9 Å². The van der Waals surface area contributed by atoms with Crippen molar-refractivity contribution in [2.75, 3.05) is 20.2 Å². The number of likely N-dealkylation sites (N-methyl/N-ethyl adjacent to an activating group) is 1. The van der Waals surface area contributed by atoms with E-state index in [0.717, 1.165) is 41.9 Å². The Bertz CT molecular complexity index is 743. The number of hydrogen-bond acceptors (Lipinski definition) is 5. The van der Waals surface area contributed by atoms with Gasteiger partial charge in [-0.3, -0.25) is 9.69 Å². The molecule has 0 saturated carbocycles. The van der Waals surface area contributed by atoms with E-state index < -0.39 is 0 Å². The first-order valence-electron chi connectivity index (χ1n) is 8.86. The Labute approximate surface area is 148 Å². The zero-order valence-electron chi connectivity index (χ0n) is 15.2. The largest absolute Gasteiger partial charge is 0.376 e. The summed E-state index contributed by atoms with van der Waals surface area (Å²) < 4.78 is 5.54. The average molecular weight is 342 g/mol. The summed E-state index contributed by atoms with van der Waals surface area (Å²) in [7, 11) is 1.92. The lowest BCUT2D eigenvalue weighted by Gasteiger charge is -2.24. The van der Waals surface area contributed by atoms with Gasteiger partial charge < -0.3 is 10.1 Å². The molecule has 6 nitrogen and oxygen atoms in total. The third-order valence-electron chi connectivity index (χ3n) is 4.80. The molecule has 2 atom stereocenters. The molecule has 2 aromatic rings. The Kier molecular flexibility index (Phi) is 5.60. The summed E-state index contributed by atoms with van der Waals surface area (Å²) in [6.07, 6.45) is 2.26. The predicted octanol–water partition coefficient (Wildman–Crippen LogP) is 2.05. The third kappa shape index (κ3) is 4.32. The van der Waals surface area contributed by atoms with Gasteiger partial charge in [0.25, 0.3) is 0 Å². The molecule has 3 rings (SSSR count). The van der Waals surface area contributed by atoms with E-state index >= 15 is 0 Å². The number of carbonyl (C=O) groups is 1. The summed E-state index contributed by atoms with van der Waals surface area (Å²) in [5, 5.41) is 4.05. The van der Waals surface area contributed by atoms with Gasteiger partial charge in [-0.25, -0.2) is 9.97 Å². The molecule has 6 heteroatoms. The van der Waals surface area contributed by atoms with Gasteiger partial charge in [-0.05, 0) is 39.8 Å². The summed E-state index contributed by atoms with van der Waals surface area (Å²) in [4.78, 5) is 23.5. The van der Waals surface area contributed by atoms with Gasteiger partial charge in [-0.1, -0.05) is 18.2 Å². The number of nitrogens with zero attached hydrogens (tertiary/aromatic N) is 3. The Balaban J connectivity index is 1.60. The van der Waals surface area contributed by atoms with Crippen molar-refractivity contribution in [3.05, 3.63) is 35.8 Å². The number of ether oxygens (including phenoxy) is 1. The normalized spacial score (nSPS) is 18.6. The van der Waals surface area contributed by atoms with E-state index in [4.69, 9.17) is 4.74 Å². The number of nitrogens with one attached hydrogen (secondary N) is 1. The van der Waals surface area contributed by atoms with Gasteiger partial charge >= 0.3 is 0 Å². The summed E-state index contributed by atoms with van der Waals surface area (Å²) in [6.45, 7) is 5.81. The first-order valence-corrected chi connectivity index (χ1v) is 8.86. The molecule has 0 unspecified atom stereocenters. The highest BCUT2D eigenvalue weighted by atomic mass is 16.5. The van der Waals surface area contributed by atoms with Gasteiger partial charge in [-0.2, -0.15) is 0 Å². The first-order chi connectivity index (χ1) is 12.0. The van der Waals surface area contributed by atoms with E-state index in [0.29, 0.717) is 13.1 Å². The second-order valence-corrected chi connectivity index (χ2v) is 6.71. The molecule has 1 aromatic carbocycles. The smallest absolute Gasteiger partial charge is 0.237 e. The number of aromatic nitrogens is 2. The van der Waals surface area contributed by atoms with Crippen LogP contribution in [0.4, 0.5) is 0 Å². The SMILES string of the molecule is Cc1nc(CN(C)[C@@H](C)C(=O)NC[C@H]2CCCO2)nc2ccccc12. The molecule has 134 valence electrons. The average Bonchev–Trinajstić information content (AvgIpc) is 3.12. The van der Waals surface area contributed by atoms with Crippen LogP contribution in [-0.2, 0) is 16.1 Å².